The Labute approximate surface area is 169 Å². The molecule has 4 rings (SSSR count). The van der Waals surface area contributed by atoms with E-state index in [1.54, 1.807) is 48.5 Å². The molecule has 1 aliphatic rings. The van der Waals surface area contributed by atoms with Crippen LogP contribution in [0.4, 0.5) is 0 Å². The van der Waals surface area contributed by atoms with E-state index >= 15 is 0 Å². The van der Waals surface area contributed by atoms with Crippen LogP contribution < -0.4 is 0 Å². The SMILES string of the molecule is Cc1nn(C)c(C)c1S(=O)(=O)N1CCC[C@@H](Cc2nc(-c3cnccn3)no2)C1. The third kappa shape index (κ3) is 3.79. The van der Waals surface area contributed by atoms with Crippen LogP contribution in [0, 0.1) is 19.8 Å². The molecule has 3 aromatic rings. The van der Waals surface area contributed by atoms with Crippen LogP contribution in [0.15, 0.2) is 28.0 Å². The maximum Gasteiger partial charge on any atom is 0.246 e. The maximum absolute atomic E-state index is 13.2. The normalized spacial score (nSPS) is 18.2. The lowest BCUT2D eigenvalue weighted by atomic mass is 9.96. The van der Waals surface area contributed by atoms with E-state index in [2.05, 4.69) is 25.2 Å². The minimum absolute atomic E-state index is 0.103. The van der Waals surface area contributed by atoms with Crippen molar-refractivity contribution in [2.45, 2.75) is 38.0 Å². The lowest BCUT2D eigenvalue weighted by molar-refractivity contribution is 0.247. The van der Waals surface area contributed by atoms with Crippen molar-refractivity contribution < 1.29 is 12.9 Å². The molecule has 1 aliphatic heterocycles. The van der Waals surface area contributed by atoms with Crippen LogP contribution in [0.25, 0.3) is 11.5 Å². The fourth-order valence-corrected chi connectivity index (χ4v) is 5.73. The van der Waals surface area contributed by atoms with Crippen molar-refractivity contribution in [2.24, 2.45) is 13.0 Å². The average molecular weight is 417 g/mol. The Hall–Kier alpha value is -2.66. The number of aryl methyl sites for hydroxylation is 2. The molecule has 11 heteroatoms. The second-order valence-electron chi connectivity index (χ2n) is 7.30. The molecule has 0 saturated carbocycles. The second kappa shape index (κ2) is 7.64. The molecule has 0 bridgehead atoms. The van der Waals surface area contributed by atoms with E-state index in [9.17, 15) is 8.42 Å². The summed E-state index contributed by atoms with van der Waals surface area (Å²) in [5.41, 5.74) is 1.71. The van der Waals surface area contributed by atoms with Gasteiger partial charge in [-0.3, -0.25) is 9.67 Å². The Morgan fingerprint density at radius 3 is 2.79 bits per heavy atom. The van der Waals surface area contributed by atoms with Crippen molar-refractivity contribution in [3.8, 4) is 11.5 Å². The first-order chi connectivity index (χ1) is 13.9. The minimum atomic E-state index is -3.60. The van der Waals surface area contributed by atoms with E-state index in [1.165, 1.54) is 0 Å². The van der Waals surface area contributed by atoms with Crippen molar-refractivity contribution in [3.63, 3.8) is 0 Å². The Kier molecular flexibility index (Phi) is 5.17. The van der Waals surface area contributed by atoms with Gasteiger partial charge in [-0.2, -0.15) is 14.4 Å². The van der Waals surface area contributed by atoms with Crippen molar-refractivity contribution in [1.82, 2.24) is 34.2 Å². The summed E-state index contributed by atoms with van der Waals surface area (Å²) in [5, 5.41) is 8.22. The Bertz CT molecular complexity index is 1110. The lowest BCUT2D eigenvalue weighted by Gasteiger charge is -2.31. The van der Waals surface area contributed by atoms with Crippen LogP contribution in [0.1, 0.15) is 30.1 Å². The Morgan fingerprint density at radius 1 is 1.28 bits per heavy atom. The first-order valence-electron chi connectivity index (χ1n) is 9.45. The highest BCUT2D eigenvalue weighted by Crippen LogP contribution is 2.29. The molecule has 0 spiro atoms. The zero-order chi connectivity index (χ0) is 20.6. The molecule has 0 unspecified atom stereocenters. The Morgan fingerprint density at radius 2 is 2.10 bits per heavy atom. The van der Waals surface area contributed by atoms with Crippen LogP contribution >= 0.6 is 0 Å². The highest BCUT2D eigenvalue weighted by Gasteiger charge is 2.34. The van der Waals surface area contributed by atoms with Gasteiger partial charge in [-0.05, 0) is 32.6 Å². The number of aromatic nitrogens is 6. The number of rotatable bonds is 5. The predicted octanol–water partition coefficient (Wildman–Crippen LogP) is 1.52. The van der Waals surface area contributed by atoms with Crippen molar-refractivity contribution in [2.75, 3.05) is 13.1 Å². The lowest BCUT2D eigenvalue weighted by Crippen LogP contribution is -2.40. The van der Waals surface area contributed by atoms with E-state index in [-0.39, 0.29) is 5.92 Å². The highest BCUT2D eigenvalue weighted by molar-refractivity contribution is 7.89. The van der Waals surface area contributed by atoms with Gasteiger partial charge in [0.1, 0.15) is 10.6 Å². The van der Waals surface area contributed by atoms with Gasteiger partial charge in [0, 0.05) is 39.0 Å². The van der Waals surface area contributed by atoms with Gasteiger partial charge in [-0.1, -0.05) is 5.16 Å². The molecule has 0 N–H and O–H groups in total. The van der Waals surface area contributed by atoms with Gasteiger partial charge in [0.15, 0.2) is 0 Å². The van der Waals surface area contributed by atoms with Crippen molar-refractivity contribution in [3.05, 3.63) is 35.9 Å². The fraction of sp³-hybridized carbons (Fsp3) is 0.500. The van der Waals surface area contributed by atoms with Gasteiger partial charge in [0.2, 0.25) is 21.7 Å². The van der Waals surface area contributed by atoms with E-state index in [4.69, 9.17) is 4.52 Å². The van der Waals surface area contributed by atoms with Gasteiger partial charge >= 0.3 is 0 Å². The molecular formula is C18H23N7O3S. The van der Waals surface area contributed by atoms with Gasteiger partial charge in [-0.15, -0.1) is 0 Å². The maximum atomic E-state index is 13.2. The monoisotopic (exact) mass is 417 g/mol. The molecule has 4 heterocycles. The van der Waals surface area contributed by atoms with Crippen molar-refractivity contribution in [1.29, 1.82) is 0 Å². The smallest absolute Gasteiger partial charge is 0.246 e. The summed E-state index contributed by atoms with van der Waals surface area (Å²) < 4.78 is 35.0. The Balaban J connectivity index is 1.50. The van der Waals surface area contributed by atoms with Gasteiger partial charge in [-0.25, -0.2) is 13.4 Å². The quantitative estimate of drug-likeness (QED) is 0.613. The van der Waals surface area contributed by atoms with E-state index in [1.807, 2.05) is 0 Å². The van der Waals surface area contributed by atoms with Crippen LogP contribution in [0.3, 0.4) is 0 Å². The third-order valence-electron chi connectivity index (χ3n) is 5.25. The molecule has 10 nitrogen and oxygen atoms in total. The number of hydrogen-bond donors (Lipinski definition) is 0. The van der Waals surface area contributed by atoms with Crippen LogP contribution in [-0.4, -0.2) is 55.7 Å². The van der Waals surface area contributed by atoms with Gasteiger partial charge in [0.05, 0.1) is 17.6 Å². The van der Waals surface area contributed by atoms with Gasteiger partial charge in [0.25, 0.3) is 0 Å². The second-order valence-corrected chi connectivity index (χ2v) is 9.18. The summed E-state index contributed by atoms with van der Waals surface area (Å²) >= 11 is 0. The highest BCUT2D eigenvalue weighted by atomic mass is 32.2. The molecule has 154 valence electrons. The minimum Gasteiger partial charge on any atom is -0.339 e. The summed E-state index contributed by atoms with van der Waals surface area (Å²) in [7, 11) is -1.85. The molecule has 1 saturated heterocycles. The van der Waals surface area contributed by atoms with Crippen molar-refractivity contribution >= 4 is 10.0 Å². The number of piperidine rings is 1. The van der Waals surface area contributed by atoms with Crippen LogP contribution in [0.5, 0.6) is 0 Å². The molecule has 29 heavy (non-hydrogen) atoms. The summed E-state index contributed by atoms with van der Waals surface area (Å²) in [6, 6.07) is 0. The number of sulfonamides is 1. The molecule has 1 atom stereocenters. The molecule has 0 aliphatic carbocycles. The molecule has 0 amide bonds. The predicted molar refractivity (Wildman–Crippen MR) is 103 cm³/mol. The molecule has 0 aromatic carbocycles. The first-order valence-corrected chi connectivity index (χ1v) is 10.9. The van der Waals surface area contributed by atoms with E-state index < -0.39 is 10.0 Å². The molecule has 0 radical (unpaired) electrons. The van der Waals surface area contributed by atoms with Crippen LogP contribution in [-0.2, 0) is 23.5 Å². The first kappa shape index (κ1) is 19.6. The summed E-state index contributed by atoms with van der Waals surface area (Å²) in [6.07, 6.45) is 6.92. The summed E-state index contributed by atoms with van der Waals surface area (Å²) in [6.45, 7) is 4.43. The standard InChI is InChI=1S/C18H23N7O3S/c1-12-17(13(2)24(3)22-12)29(26,27)25-8-4-5-14(11-25)9-16-21-18(23-28-16)15-10-19-6-7-20-15/h6-7,10,14H,4-5,8-9,11H2,1-3H3/t14-/m0/s1. The summed E-state index contributed by atoms with van der Waals surface area (Å²) in [5.74, 6) is 0.963. The topological polar surface area (TPSA) is 120 Å². The largest absolute Gasteiger partial charge is 0.339 e. The number of hydrogen-bond acceptors (Lipinski definition) is 8. The van der Waals surface area contributed by atoms with Gasteiger partial charge < -0.3 is 4.52 Å². The number of nitrogens with zero attached hydrogens (tertiary/aromatic N) is 7. The average Bonchev–Trinajstić information content (AvgIpc) is 3.27. The van der Waals surface area contributed by atoms with E-state index in [0.717, 1.165) is 12.8 Å². The van der Waals surface area contributed by atoms with E-state index in [0.29, 0.717) is 53.2 Å². The third-order valence-corrected chi connectivity index (χ3v) is 7.36. The van der Waals surface area contributed by atoms with Crippen LogP contribution in [0.2, 0.25) is 0 Å². The molecule has 1 fully saturated rings. The molecule has 3 aromatic heterocycles. The zero-order valence-electron chi connectivity index (χ0n) is 16.6. The summed E-state index contributed by atoms with van der Waals surface area (Å²) in [4.78, 5) is 12.9. The zero-order valence-corrected chi connectivity index (χ0v) is 17.4. The molecular weight excluding hydrogens is 394 g/mol. The fourth-order valence-electron chi connectivity index (χ4n) is 3.77.